The molecule has 0 saturated heterocycles. The largest absolute Gasteiger partial charge is 0.385 e. The molecule has 246 valence electrons. The topological polar surface area (TPSA) is 29.5 Å². The Morgan fingerprint density at radius 3 is 0.897 bits per heavy atom. The van der Waals surface area contributed by atoms with Gasteiger partial charge in [-0.1, -0.05) is 165 Å². The minimum atomic E-state index is 0.819. The van der Waals surface area contributed by atoms with Gasteiger partial charge in [0.1, 0.15) is 0 Å². The molecule has 0 fully saturated rings. The van der Waals surface area contributed by atoms with Crippen molar-refractivity contribution < 1.29 is 13.9 Å². The lowest BCUT2D eigenvalue weighted by Crippen LogP contribution is -2.41. The van der Waals surface area contributed by atoms with Crippen LogP contribution in [-0.4, -0.2) is 50.0 Å². The SMILES string of the molecule is CC.CCC.CCC.CCCCCCCCCCCCCCCCCC[N+](C)(C)CCCC.CCOC.OCl. The van der Waals surface area contributed by atoms with E-state index in [2.05, 4.69) is 72.2 Å². The maximum atomic E-state index is 6.47. The van der Waals surface area contributed by atoms with Gasteiger partial charge >= 0.3 is 0 Å². The molecule has 0 aliphatic rings. The maximum Gasteiger partial charge on any atom is 0.0782 e. The first-order valence-electron chi connectivity index (χ1n) is 17.3. The van der Waals surface area contributed by atoms with Gasteiger partial charge in [0, 0.05) is 13.7 Å². The quantitative estimate of drug-likeness (QED) is 0.107. The van der Waals surface area contributed by atoms with E-state index in [9.17, 15) is 0 Å². The maximum absolute atomic E-state index is 6.47. The Bertz CT molecular complexity index is 311. The van der Waals surface area contributed by atoms with Gasteiger partial charge in [0.2, 0.25) is 0 Å². The van der Waals surface area contributed by atoms with Crippen molar-refractivity contribution in [1.82, 2.24) is 0 Å². The van der Waals surface area contributed by atoms with Gasteiger partial charge < -0.3 is 9.22 Å². The van der Waals surface area contributed by atoms with Crippen molar-refractivity contribution in [1.29, 1.82) is 0 Å². The molecule has 0 aliphatic heterocycles. The summed E-state index contributed by atoms with van der Waals surface area (Å²) in [5.41, 5.74) is 0. The molecule has 0 spiro atoms. The van der Waals surface area contributed by atoms with Gasteiger partial charge in [-0.25, -0.2) is 0 Å². The summed E-state index contributed by atoms with van der Waals surface area (Å²) in [5.74, 6) is 0. The number of unbranched alkanes of at least 4 members (excludes halogenated alkanes) is 16. The highest BCUT2D eigenvalue weighted by atomic mass is 35.5. The second-order valence-electron chi connectivity index (χ2n) is 11.0. The van der Waals surface area contributed by atoms with Crippen molar-refractivity contribution in [2.75, 3.05) is 40.9 Å². The summed E-state index contributed by atoms with van der Waals surface area (Å²) < 4.78 is 12.2. The lowest BCUT2D eigenvalue weighted by molar-refractivity contribution is -0.890. The van der Waals surface area contributed by atoms with Crippen molar-refractivity contribution in [3.05, 3.63) is 0 Å². The molecule has 0 bridgehead atoms. The molecule has 0 unspecified atom stereocenters. The third kappa shape index (κ3) is 78.8. The van der Waals surface area contributed by atoms with Gasteiger partial charge in [0.05, 0.1) is 39.1 Å². The van der Waals surface area contributed by atoms with Gasteiger partial charge in [-0.3, -0.25) is 4.66 Å². The van der Waals surface area contributed by atoms with Gasteiger partial charge in [-0.05, 0) is 26.2 Å². The fourth-order valence-electron chi connectivity index (χ4n) is 3.79. The number of ether oxygens (including phenoxy) is 1. The van der Waals surface area contributed by atoms with Crippen molar-refractivity contribution >= 4 is 11.9 Å². The Hall–Kier alpha value is 0.170. The van der Waals surface area contributed by atoms with Crippen LogP contribution in [0.1, 0.15) is 191 Å². The van der Waals surface area contributed by atoms with Gasteiger partial charge in [-0.2, -0.15) is 0 Å². The lowest BCUT2D eigenvalue weighted by Gasteiger charge is -2.29. The second-order valence-corrected chi connectivity index (χ2v) is 11.0. The molecule has 4 heteroatoms. The Morgan fingerprint density at radius 1 is 0.462 bits per heavy atom. The molecular weight excluding hydrogens is 502 g/mol. The summed E-state index contributed by atoms with van der Waals surface area (Å²) >= 11 is 3.64. The van der Waals surface area contributed by atoms with E-state index >= 15 is 0 Å². The van der Waals surface area contributed by atoms with Crippen LogP contribution in [0.5, 0.6) is 0 Å². The average molecular weight is 586 g/mol. The molecule has 0 aromatic carbocycles. The number of rotatable bonds is 21. The Morgan fingerprint density at radius 2 is 0.667 bits per heavy atom. The standard InChI is InChI=1S/C24H52N.C3H8O.2C3H8.C2H6.ClHO/c1-5-7-9-10-11-12-13-14-15-16-17-18-19-20-21-22-24-25(3,4)23-8-6-2;1-3-4-2;2*1-3-2;2*1-2/h5-24H2,1-4H3;3H2,1-2H3;2*3H2,1-2H3;1-2H3;2H/q+1;;;;;. The highest BCUT2D eigenvalue weighted by molar-refractivity contribution is 6.04. The van der Waals surface area contributed by atoms with Crippen LogP contribution in [0.15, 0.2) is 0 Å². The van der Waals surface area contributed by atoms with Crippen molar-refractivity contribution in [3.63, 3.8) is 0 Å². The summed E-state index contributed by atoms with van der Waals surface area (Å²) in [4.78, 5) is 0. The Labute approximate surface area is 257 Å². The zero-order valence-electron chi connectivity index (χ0n) is 29.9. The number of hydrogen-bond acceptors (Lipinski definition) is 2. The molecule has 3 nitrogen and oxygen atoms in total. The fourth-order valence-corrected chi connectivity index (χ4v) is 3.79. The van der Waals surface area contributed by atoms with Crippen LogP contribution in [0.25, 0.3) is 0 Å². The van der Waals surface area contributed by atoms with Gasteiger partial charge in [0.25, 0.3) is 0 Å². The van der Waals surface area contributed by atoms with Crippen LogP contribution in [0, 0.1) is 0 Å². The highest BCUT2D eigenvalue weighted by Crippen LogP contribution is 2.14. The fraction of sp³-hybridized carbons (Fsp3) is 1.00. The number of quaternary nitrogens is 1. The zero-order chi connectivity index (χ0) is 31.5. The molecular formula is C35H83ClNO2+. The third-order valence-electron chi connectivity index (χ3n) is 6.02. The predicted molar refractivity (Wildman–Crippen MR) is 185 cm³/mol. The minimum Gasteiger partial charge on any atom is -0.385 e. The molecule has 0 amide bonds. The molecule has 0 saturated carbocycles. The third-order valence-corrected chi connectivity index (χ3v) is 6.02. The first kappa shape index (κ1) is 51.9. The predicted octanol–water partition coefficient (Wildman–Crippen LogP) is 12.8. The molecule has 0 aromatic rings. The van der Waals surface area contributed by atoms with E-state index < -0.39 is 0 Å². The van der Waals surface area contributed by atoms with Gasteiger partial charge in [0.15, 0.2) is 0 Å². The molecule has 0 heterocycles. The number of hydrogen-bond donors (Lipinski definition) is 1. The van der Waals surface area contributed by atoms with Crippen molar-refractivity contribution in [2.45, 2.75) is 191 Å². The minimum absolute atomic E-state index is 0.819. The molecule has 0 aromatic heterocycles. The van der Waals surface area contributed by atoms with E-state index in [0.717, 1.165) is 6.61 Å². The van der Waals surface area contributed by atoms with E-state index in [1.165, 1.54) is 146 Å². The van der Waals surface area contributed by atoms with E-state index in [4.69, 9.17) is 4.66 Å². The number of nitrogens with zero attached hydrogens (tertiary/aromatic N) is 1. The number of methoxy groups -OCH3 is 1. The average Bonchev–Trinajstić information content (AvgIpc) is 2.95. The Kier molecular flexibility index (Phi) is 77.1. The first-order valence-corrected chi connectivity index (χ1v) is 17.7. The van der Waals surface area contributed by atoms with Crippen LogP contribution in [0.3, 0.4) is 0 Å². The molecule has 39 heavy (non-hydrogen) atoms. The van der Waals surface area contributed by atoms with E-state index in [0.29, 0.717) is 0 Å². The van der Waals surface area contributed by atoms with Crippen LogP contribution < -0.4 is 0 Å². The summed E-state index contributed by atoms with van der Waals surface area (Å²) in [7, 11) is 6.49. The second kappa shape index (κ2) is 57.9. The van der Waals surface area contributed by atoms with Crippen LogP contribution >= 0.6 is 11.9 Å². The molecule has 0 aliphatic carbocycles. The van der Waals surface area contributed by atoms with E-state index in [-0.39, 0.29) is 0 Å². The summed E-state index contributed by atoms with van der Waals surface area (Å²) in [6, 6.07) is 0. The van der Waals surface area contributed by atoms with Crippen molar-refractivity contribution in [2.24, 2.45) is 0 Å². The Balaban J connectivity index is -0.000000162. The van der Waals surface area contributed by atoms with Crippen LogP contribution in [0.2, 0.25) is 0 Å². The van der Waals surface area contributed by atoms with E-state index in [1.54, 1.807) is 7.11 Å². The lowest BCUT2D eigenvalue weighted by atomic mass is 10.0. The summed E-state index contributed by atoms with van der Waals surface area (Å²) in [5, 5.41) is 0. The van der Waals surface area contributed by atoms with E-state index in [1.807, 2.05) is 20.8 Å². The number of halogens is 1. The smallest absolute Gasteiger partial charge is 0.0782 e. The normalized spacial score (nSPS) is 9.69. The molecule has 0 radical (unpaired) electrons. The summed E-state index contributed by atoms with van der Waals surface area (Å²) in [6.07, 6.45) is 28.6. The first-order chi connectivity index (χ1) is 18.9. The molecule has 0 atom stereocenters. The van der Waals surface area contributed by atoms with Gasteiger partial charge in [-0.15, -0.1) is 0 Å². The van der Waals surface area contributed by atoms with Crippen LogP contribution in [-0.2, 0) is 4.74 Å². The molecule has 1 N–H and O–H groups in total. The van der Waals surface area contributed by atoms with Crippen LogP contribution in [0.4, 0.5) is 0 Å². The molecule has 0 rings (SSSR count). The highest BCUT2D eigenvalue weighted by Gasteiger charge is 2.12. The van der Waals surface area contributed by atoms with Crippen molar-refractivity contribution in [3.8, 4) is 0 Å². The summed E-state index contributed by atoms with van der Waals surface area (Å²) in [6.45, 7) is 22.6. The monoisotopic (exact) mass is 585 g/mol. The zero-order valence-corrected chi connectivity index (χ0v) is 30.7.